The number of likely N-dealkylation sites (tertiary alicyclic amines) is 2. The summed E-state index contributed by atoms with van der Waals surface area (Å²) in [6, 6.07) is 20.3. The fourth-order valence-electron chi connectivity index (χ4n) is 9.22. The predicted molar refractivity (Wildman–Crippen MR) is 271 cm³/mol. The minimum atomic E-state index is -0.701. The minimum absolute atomic E-state index is 0.0783. The van der Waals surface area contributed by atoms with Gasteiger partial charge in [0.2, 0.25) is 0 Å². The lowest BCUT2D eigenvalue weighted by Gasteiger charge is -2.40. The van der Waals surface area contributed by atoms with E-state index in [0.717, 1.165) is 110 Å². The molecule has 12 nitrogen and oxygen atoms in total. The number of aliphatic carboxylic acids is 1. The highest BCUT2D eigenvalue weighted by molar-refractivity contribution is 8.01. The summed E-state index contributed by atoms with van der Waals surface area (Å²) in [5.74, 6) is 1.31. The number of rotatable bonds is 19. The van der Waals surface area contributed by atoms with Gasteiger partial charge in [0.1, 0.15) is 0 Å². The first kappa shape index (κ1) is 49.6. The molecule has 0 aliphatic carbocycles. The van der Waals surface area contributed by atoms with Gasteiger partial charge in [-0.05, 0) is 157 Å². The molecule has 0 saturated carbocycles. The third-order valence-electron chi connectivity index (χ3n) is 13.2. The Morgan fingerprint density at radius 3 is 1.56 bits per heavy atom. The Kier molecular flexibility index (Phi) is 17.7. The molecule has 1 N–H and O–H groups in total. The Hall–Kier alpha value is -4.32. The molecule has 2 saturated heterocycles. The highest BCUT2D eigenvalue weighted by Gasteiger charge is 2.42. The zero-order chi connectivity index (χ0) is 46.5. The summed E-state index contributed by atoms with van der Waals surface area (Å²) < 4.78 is 11.7. The molecule has 6 aromatic rings. The van der Waals surface area contributed by atoms with Gasteiger partial charge < -0.3 is 28.8 Å². The van der Waals surface area contributed by atoms with E-state index < -0.39 is 16.8 Å². The lowest BCUT2D eigenvalue weighted by molar-refractivity contribution is -0.159. The topological polar surface area (TPSA) is 140 Å². The molecule has 2 fully saturated rings. The second-order valence-corrected chi connectivity index (χ2v) is 22.2. The van der Waals surface area contributed by atoms with Gasteiger partial charge in [0.15, 0.2) is 0 Å². The molecule has 66 heavy (non-hydrogen) atoms. The van der Waals surface area contributed by atoms with E-state index >= 15 is 0 Å². The number of carbonyl (C=O) groups excluding carboxylic acids is 1. The highest BCUT2D eigenvalue weighted by Crippen LogP contribution is 2.39. The van der Waals surface area contributed by atoms with Crippen LogP contribution in [0.5, 0.6) is 0 Å². The molecule has 0 radical (unpaired) electrons. The van der Waals surface area contributed by atoms with Crippen molar-refractivity contribution in [2.24, 2.45) is 10.8 Å². The van der Waals surface area contributed by atoms with Crippen molar-refractivity contribution < 1.29 is 19.4 Å². The van der Waals surface area contributed by atoms with Crippen LogP contribution in [0, 0.1) is 24.7 Å². The quantitative estimate of drug-likeness (QED) is 0.0611. The summed E-state index contributed by atoms with van der Waals surface area (Å²) >= 11 is 7.31. The van der Waals surface area contributed by atoms with Crippen molar-refractivity contribution in [3.8, 4) is 0 Å². The van der Waals surface area contributed by atoms with Crippen LogP contribution >= 0.6 is 46.2 Å². The number of thiophene rings is 2. The van der Waals surface area contributed by atoms with Crippen molar-refractivity contribution in [3.63, 3.8) is 0 Å². The largest absolute Gasteiger partial charge is 0.481 e. The first-order valence-electron chi connectivity index (χ1n) is 23.1. The highest BCUT2D eigenvalue weighted by atomic mass is 32.2. The van der Waals surface area contributed by atoms with Gasteiger partial charge in [-0.2, -0.15) is 0 Å². The third-order valence-corrected chi connectivity index (χ3v) is 17.4. The molecule has 6 heterocycles. The SMILES string of the molecule is CCOC(=O)C1(CCCn2c(=O)cnc3ccc(C)cc32)CCN(CCSc2cccs2)CC1.Cc1ccc2ncc(=O)n(CCCC3(C(=O)O)CCN(CCSc4cccs4)CC3)c2c1. The molecule has 0 spiro atoms. The number of piperidine rings is 2. The van der Waals surface area contributed by atoms with Crippen LogP contribution in [0.3, 0.4) is 0 Å². The Morgan fingerprint density at radius 2 is 1.14 bits per heavy atom. The van der Waals surface area contributed by atoms with Gasteiger partial charge in [0, 0.05) is 37.7 Å². The van der Waals surface area contributed by atoms with E-state index in [1.165, 1.54) is 20.8 Å². The summed E-state index contributed by atoms with van der Waals surface area (Å²) in [4.78, 5) is 63.6. The second kappa shape index (κ2) is 23.6. The van der Waals surface area contributed by atoms with Crippen LogP contribution in [0.4, 0.5) is 0 Å². The van der Waals surface area contributed by atoms with Crippen LogP contribution < -0.4 is 11.1 Å². The van der Waals surface area contributed by atoms with Crippen LogP contribution in [-0.2, 0) is 27.4 Å². The summed E-state index contributed by atoms with van der Waals surface area (Å²) in [6.07, 6.45) is 8.42. The Bertz CT molecular complexity index is 2630. The summed E-state index contributed by atoms with van der Waals surface area (Å²) in [5.41, 5.74) is 4.07. The van der Waals surface area contributed by atoms with Gasteiger partial charge in [-0.3, -0.25) is 19.2 Å². The van der Waals surface area contributed by atoms with Crippen LogP contribution in [-0.4, -0.2) is 103 Å². The number of carboxylic acids is 1. The van der Waals surface area contributed by atoms with E-state index in [2.05, 4.69) is 54.8 Å². The average Bonchev–Trinajstić information content (AvgIpc) is 4.05. The van der Waals surface area contributed by atoms with Crippen LogP contribution in [0.15, 0.2) is 102 Å². The van der Waals surface area contributed by atoms with Gasteiger partial charge in [-0.1, -0.05) is 24.3 Å². The molecule has 8 rings (SSSR count). The molecule has 0 unspecified atom stereocenters. The van der Waals surface area contributed by atoms with Crippen LogP contribution in [0.1, 0.15) is 69.4 Å². The lowest BCUT2D eigenvalue weighted by Crippen LogP contribution is -2.46. The van der Waals surface area contributed by atoms with Crippen molar-refractivity contribution in [1.29, 1.82) is 0 Å². The molecule has 4 aromatic heterocycles. The average molecular weight is 971 g/mol. The number of ether oxygens (including phenoxy) is 1. The van der Waals surface area contributed by atoms with E-state index in [4.69, 9.17) is 4.74 Å². The third kappa shape index (κ3) is 12.8. The van der Waals surface area contributed by atoms with Crippen LogP contribution in [0.25, 0.3) is 22.1 Å². The zero-order valence-corrected chi connectivity index (χ0v) is 41.6. The molecule has 0 amide bonds. The van der Waals surface area contributed by atoms with Crippen molar-refractivity contribution in [3.05, 3.63) is 116 Å². The van der Waals surface area contributed by atoms with Gasteiger partial charge in [-0.15, -0.1) is 46.2 Å². The number of hydrogen-bond acceptors (Lipinski definition) is 13. The first-order chi connectivity index (χ1) is 32.0. The fraction of sp³-hybridized carbons (Fsp3) is 0.480. The van der Waals surface area contributed by atoms with Gasteiger partial charge in [0.05, 0.1) is 60.3 Å². The maximum absolute atomic E-state index is 13.0. The zero-order valence-electron chi connectivity index (χ0n) is 38.3. The fourth-order valence-corrected chi connectivity index (χ4v) is 12.9. The van der Waals surface area contributed by atoms with Crippen molar-refractivity contribution in [2.75, 3.05) is 57.4 Å². The molecule has 0 bridgehead atoms. The molecule has 0 atom stereocenters. The van der Waals surface area contributed by atoms with Crippen LogP contribution in [0.2, 0.25) is 0 Å². The number of aryl methyl sites for hydroxylation is 4. The molecule has 352 valence electrons. The van der Waals surface area contributed by atoms with Crippen molar-refractivity contribution >= 4 is 80.2 Å². The van der Waals surface area contributed by atoms with Crippen molar-refractivity contribution in [2.45, 2.75) is 93.6 Å². The number of fused-ring (bicyclic) bond motifs is 2. The summed E-state index contributed by atoms with van der Waals surface area (Å²) in [6.45, 7) is 12.8. The summed E-state index contributed by atoms with van der Waals surface area (Å²) in [7, 11) is 0. The molecular weight excluding hydrogens is 909 g/mol. The van der Waals surface area contributed by atoms with Gasteiger partial charge >= 0.3 is 11.9 Å². The monoisotopic (exact) mass is 970 g/mol. The number of carbonyl (C=O) groups is 2. The lowest BCUT2D eigenvalue weighted by atomic mass is 9.74. The smallest absolute Gasteiger partial charge is 0.312 e. The number of thioether (sulfide) groups is 2. The Balaban J connectivity index is 0.000000197. The second-order valence-electron chi connectivity index (χ2n) is 17.5. The van der Waals surface area contributed by atoms with Crippen molar-refractivity contribution in [1.82, 2.24) is 28.9 Å². The van der Waals surface area contributed by atoms with E-state index in [1.54, 1.807) is 31.8 Å². The molecule has 2 aromatic carbocycles. The molecular formula is C50H62N6O6S4. The Labute approximate surface area is 403 Å². The molecule has 16 heteroatoms. The van der Waals surface area contributed by atoms with E-state index in [-0.39, 0.29) is 17.1 Å². The number of esters is 1. The maximum atomic E-state index is 13.0. The first-order valence-corrected chi connectivity index (χ1v) is 26.8. The molecule has 2 aliphatic heterocycles. The normalized spacial score (nSPS) is 16.2. The maximum Gasteiger partial charge on any atom is 0.312 e. The number of benzene rings is 2. The van der Waals surface area contributed by atoms with E-state index in [0.29, 0.717) is 45.4 Å². The van der Waals surface area contributed by atoms with Gasteiger partial charge in [-0.25, -0.2) is 9.97 Å². The minimum Gasteiger partial charge on any atom is -0.481 e. The number of carboxylic acid groups (broad SMARTS) is 1. The van der Waals surface area contributed by atoms with E-state index in [9.17, 15) is 24.3 Å². The number of aromatic nitrogens is 4. The Morgan fingerprint density at radius 1 is 0.682 bits per heavy atom. The molecule has 2 aliphatic rings. The number of hydrogen-bond donors (Lipinski definition) is 1. The van der Waals surface area contributed by atoms with Gasteiger partial charge in [0.25, 0.3) is 11.1 Å². The standard InChI is InChI=1S/C26H33N3O3S2.C24H29N3O3S2/c1-3-32-25(31)26(10-13-28(14-11-26)15-17-34-24-6-4-16-33-24)9-5-12-29-22-18-20(2)7-8-21(22)27-19-23(29)30;1-18-5-6-19-20(16-18)27(21(28)17-25-19)10-3-7-24(23(29)30)8-11-26(12-9-24)13-15-32-22-4-2-14-31-22/h4,6-8,16,18-19H,3,5,9-15,17H2,1-2H3;2,4-6,14,16-17H,3,7-13,15H2,1H3,(H,29,30). The van der Waals surface area contributed by atoms with E-state index in [1.807, 2.05) is 80.7 Å². The predicted octanol–water partition coefficient (Wildman–Crippen LogP) is 9.49. The summed E-state index contributed by atoms with van der Waals surface area (Å²) in [5, 5.41) is 14.2. The number of nitrogens with zero attached hydrogens (tertiary/aromatic N) is 6.